The van der Waals surface area contributed by atoms with Crippen LogP contribution in [0.1, 0.15) is 37.1 Å². The van der Waals surface area contributed by atoms with E-state index in [9.17, 15) is 0 Å². The predicted molar refractivity (Wildman–Crippen MR) is 87.4 cm³/mol. The van der Waals surface area contributed by atoms with Crippen LogP contribution in [0.25, 0.3) is 11.0 Å². The van der Waals surface area contributed by atoms with Gasteiger partial charge in [-0.3, -0.25) is 0 Å². The summed E-state index contributed by atoms with van der Waals surface area (Å²) >= 11 is 2.07. The average molecular weight is 289 g/mol. The van der Waals surface area contributed by atoms with Gasteiger partial charge in [0.25, 0.3) is 0 Å². The largest absolute Gasteiger partial charge is 0.459 e. The van der Waals surface area contributed by atoms with Gasteiger partial charge in [-0.25, -0.2) is 0 Å². The molecule has 1 aromatic heterocycles. The molecule has 108 valence electrons. The number of hydrogen-bond acceptors (Lipinski definition) is 3. The summed E-state index contributed by atoms with van der Waals surface area (Å²) < 4.78 is 6.20. The molecule has 0 bridgehead atoms. The minimum atomic E-state index is 0.372. The monoisotopic (exact) mass is 289 g/mol. The molecule has 2 aromatic rings. The average Bonchev–Trinajstić information content (AvgIpc) is 3.09. The number of para-hydroxylation sites is 1. The van der Waals surface area contributed by atoms with Crippen molar-refractivity contribution in [3.8, 4) is 0 Å². The number of fused-ring (bicyclic) bond motifs is 1. The molecule has 3 rings (SSSR count). The molecule has 1 aromatic carbocycles. The van der Waals surface area contributed by atoms with Crippen LogP contribution in [-0.2, 0) is 0 Å². The number of aryl methyl sites for hydroxylation is 1. The number of thioether (sulfide) groups is 1. The fourth-order valence-corrected chi connectivity index (χ4v) is 4.30. The second-order valence-corrected chi connectivity index (χ2v) is 6.85. The normalized spacial score (nSPS) is 20.6. The third-order valence-corrected chi connectivity index (χ3v) is 5.31. The van der Waals surface area contributed by atoms with Crippen LogP contribution in [0.4, 0.5) is 0 Å². The second-order valence-electron chi connectivity index (χ2n) is 5.70. The molecule has 1 saturated heterocycles. The molecule has 1 aliphatic rings. The number of benzene rings is 1. The topological polar surface area (TPSA) is 25.2 Å². The van der Waals surface area contributed by atoms with E-state index in [0.717, 1.165) is 24.3 Å². The van der Waals surface area contributed by atoms with Crippen LogP contribution in [0.15, 0.2) is 28.7 Å². The van der Waals surface area contributed by atoms with Gasteiger partial charge >= 0.3 is 0 Å². The first-order chi connectivity index (χ1) is 9.79. The highest BCUT2D eigenvalue weighted by atomic mass is 32.2. The van der Waals surface area contributed by atoms with Crippen molar-refractivity contribution in [2.45, 2.75) is 32.7 Å². The van der Waals surface area contributed by atoms with Crippen LogP contribution < -0.4 is 5.32 Å². The maximum atomic E-state index is 6.20. The Kier molecular flexibility index (Phi) is 4.37. The molecule has 0 saturated carbocycles. The Balaban J connectivity index is 1.93. The standard InChI is InChI=1S/C17H23NOS/c1-3-8-18-16(14-7-9-20-11-14)15-10-13-6-4-5-12(2)17(13)19-15/h4-6,10,14,16,18H,3,7-9,11H2,1-2H3. The number of furan rings is 1. The Morgan fingerprint density at radius 3 is 3.05 bits per heavy atom. The summed E-state index contributed by atoms with van der Waals surface area (Å²) in [5.41, 5.74) is 2.28. The molecule has 1 aliphatic heterocycles. The van der Waals surface area contributed by atoms with E-state index in [-0.39, 0.29) is 0 Å². The minimum absolute atomic E-state index is 0.372. The van der Waals surface area contributed by atoms with Gasteiger partial charge in [-0.15, -0.1) is 0 Å². The van der Waals surface area contributed by atoms with Crippen LogP contribution in [0.3, 0.4) is 0 Å². The summed E-state index contributed by atoms with van der Waals surface area (Å²) in [6.45, 7) is 5.40. The highest BCUT2D eigenvalue weighted by molar-refractivity contribution is 7.99. The van der Waals surface area contributed by atoms with Gasteiger partial charge in [-0.1, -0.05) is 25.1 Å². The van der Waals surface area contributed by atoms with Gasteiger partial charge in [0.15, 0.2) is 0 Å². The van der Waals surface area contributed by atoms with Crippen molar-refractivity contribution < 1.29 is 4.42 Å². The third-order valence-electron chi connectivity index (χ3n) is 4.12. The van der Waals surface area contributed by atoms with Crippen LogP contribution in [0.2, 0.25) is 0 Å². The molecule has 0 radical (unpaired) electrons. The van der Waals surface area contributed by atoms with Crippen LogP contribution in [0.5, 0.6) is 0 Å². The number of nitrogens with one attached hydrogen (secondary N) is 1. The first kappa shape index (κ1) is 14.0. The Bertz CT molecular complexity index is 571. The van der Waals surface area contributed by atoms with E-state index < -0.39 is 0 Å². The highest BCUT2D eigenvalue weighted by Gasteiger charge is 2.28. The lowest BCUT2D eigenvalue weighted by Gasteiger charge is -2.22. The zero-order valence-electron chi connectivity index (χ0n) is 12.3. The molecule has 1 N–H and O–H groups in total. The molecule has 0 spiro atoms. The number of hydrogen-bond donors (Lipinski definition) is 1. The molecule has 0 aliphatic carbocycles. The van der Waals surface area contributed by atoms with Crippen molar-refractivity contribution in [1.82, 2.24) is 5.32 Å². The summed E-state index contributed by atoms with van der Waals surface area (Å²) in [7, 11) is 0. The SMILES string of the molecule is CCCNC(c1cc2cccc(C)c2o1)C1CCSC1. The molecule has 2 atom stereocenters. The van der Waals surface area contributed by atoms with Gasteiger partial charge in [-0.05, 0) is 55.4 Å². The summed E-state index contributed by atoms with van der Waals surface area (Å²) in [6, 6.07) is 8.98. The van der Waals surface area contributed by atoms with Crippen molar-refractivity contribution in [3.63, 3.8) is 0 Å². The van der Waals surface area contributed by atoms with E-state index in [1.165, 1.54) is 28.9 Å². The van der Waals surface area contributed by atoms with E-state index in [1.54, 1.807) is 0 Å². The summed E-state index contributed by atoms with van der Waals surface area (Å²) in [5.74, 6) is 4.36. The van der Waals surface area contributed by atoms with Gasteiger partial charge in [0, 0.05) is 5.39 Å². The fourth-order valence-electron chi connectivity index (χ4n) is 3.00. The summed E-state index contributed by atoms with van der Waals surface area (Å²) in [4.78, 5) is 0. The predicted octanol–water partition coefficient (Wildman–Crippen LogP) is 4.54. The lowest BCUT2D eigenvalue weighted by Crippen LogP contribution is -2.28. The minimum Gasteiger partial charge on any atom is -0.459 e. The van der Waals surface area contributed by atoms with Crippen LogP contribution in [0, 0.1) is 12.8 Å². The zero-order chi connectivity index (χ0) is 13.9. The van der Waals surface area contributed by atoms with Gasteiger partial charge in [0.05, 0.1) is 6.04 Å². The molecular formula is C17H23NOS. The van der Waals surface area contributed by atoms with Gasteiger partial charge in [-0.2, -0.15) is 11.8 Å². The highest BCUT2D eigenvalue weighted by Crippen LogP contribution is 2.36. The summed E-state index contributed by atoms with van der Waals surface area (Å²) in [5, 5.41) is 4.93. The van der Waals surface area contributed by atoms with Crippen molar-refractivity contribution in [2.24, 2.45) is 5.92 Å². The maximum absolute atomic E-state index is 6.20. The van der Waals surface area contributed by atoms with Crippen molar-refractivity contribution in [1.29, 1.82) is 0 Å². The third kappa shape index (κ3) is 2.75. The molecule has 1 fully saturated rings. The summed E-state index contributed by atoms with van der Waals surface area (Å²) in [6.07, 6.45) is 2.46. The molecule has 20 heavy (non-hydrogen) atoms. The van der Waals surface area contributed by atoms with E-state index in [1.807, 2.05) is 0 Å². The van der Waals surface area contributed by atoms with Gasteiger partial charge < -0.3 is 9.73 Å². The molecule has 2 heterocycles. The second kappa shape index (κ2) is 6.23. The smallest absolute Gasteiger partial charge is 0.137 e. The number of rotatable bonds is 5. The molecule has 2 nitrogen and oxygen atoms in total. The van der Waals surface area contributed by atoms with Crippen molar-refractivity contribution >= 4 is 22.7 Å². The van der Waals surface area contributed by atoms with Crippen molar-refractivity contribution in [3.05, 3.63) is 35.6 Å². The van der Waals surface area contributed by atoms with E-state index >= 15 is 0 Å². The Hall–Kier alpha value is -0.930. The molecular weight excluding hydrogens is 266 g/mol. The quantitative estimate of drug-likeness (QED) is 0.875. The fraction of sp³-hybridized carbons (Fsp3) is 0.529. The lowest BCUT2D eigenvalue weighted by molar-refractivity contribution is 0.338. The van der Waals surface area contributed by atoms with E-state index in [4.69, 9.17) is 4.42 Å². The first-order valence-electron chi connectivity index (χ1n) is 7.59. The zero-order valence-corrected chi connectivity index (χ0v) is 13.1. The van der Waals surface area contributed by atoms with E-state index in [0.29, 0.717) is 12.0 Å². The molecule has 3 heteroatoms. The van der Waals surface area contributed by atoms with Crippen LogP contribution in [-0.4, -0.2) is 18.1 Å². The first-order valence-corrected chi connectivity index (χ1v) is 8.75. The van der Waals surface area contributed by atoms with Crippen LogP contribution >= 0.6 is 11.8 Å². The van der Waals surface area contributed by atoms with Gasteiger partial charge in [0.2, 0.25) is 0 Å². The molecule has 0 amide bonds. The van der Waals surface area contributed by atoms with E-state index in [2.05, 4.69) is 55.2 Å². The Morgan fingerprint density at radius 1 is 1.45 bits per heavy atom. The Morgan fingerprint density at radius 2 is 2.35 bits per heavy atom. The van der Waals surface area contributed by atoms with Gasteiger partial charge in [0.1, 0.15) is 11.3 Å². The maximum Gasteiger partial charge on any atom is 0.137 e. The lowest BCUT2D eigenvalue weighted by atomic mass is 9.96. The Labute approximate surface area is 125 Å². The molecule has 2 unspecified atom stereocenters. The van der Waals surface area contributed by atoms with Crippen molar-refractivity contribution in [2.75, 3.05) is 18.1 Å².